The molecule has 1 fully saturated rings. The van der Waals surface area contributed by atoms with E-state index in [4.69, 9.17) is 4.84 Å². The van der Waals surface area contributed by atoms with Crippen molar-refractivity contribution < 1.29 is 14.4 Å². The number of nitrogens with zero attached hydrogens (tertiary/aromatic N) is 4. The van der Waals surface area contributed by atoms with Crippen molar-refractivity contribution in [3.8, 4) is 0 Å². The van der Waals surface area contributed by atoms with Crippen LogP contribution in [-0.4, -0.2) is 45.2 Å². The van der Waals surface area contributed by atoms with Gasteiger partial charge in [-0.15, -0.1) is 6.58 Å². The summed E-state index contributed by atoms with van der Waals surface area (Å²) in [4.78, 5) is 30.5. The Labute approximate surface area is 110 Å². The van der Waals surface area contributed by atoms with E-state index in [1.165, 1.54) is 9.96 Å². The predicted octanol–water partition coefficient (Wildman–Crippen LogP) is 0.570. The summed E-state index contributed by atoms with van der Waals surface area (Å²) in [6.45, 7) is 4.25. The minimum Gasteiger partial charge on any atom is -0.305 e. The van der Waals surface area contributed by atoms with Crippen LogP contribution in [0.4, 0.5) is 4.79 Å². The van der Waals surface area contributed by atoms with Gasteiger partial charge < -0.3 is 9.69 Å². The van der Waals surface area contributed by atoms with E-state index in [1.54, 1.807) is 24.0 Å². The SMILES string of the molecule is C=CCON1C(=O)N2C[C@H]1c1cnn(C)c1[C@H]2C=O. The second-order valence-corrected chi connectivity index (χ2v) is 4.55. The van der Waals surface area contributed by atoms with Gasteiger partial charge in [-0.05, 0) is 0 Å². The van der Waals surface area contributed by atoms with E-state index in [0.29, 0.717) is 6.54 Å². The predicted molar refractivity (Wildman–Crippen MR) is 64.8 cm³/mol. The summed E-state index contributed by atoms with van der Waals surface area (Å²) in [7, 11) is 1.76. The Morgan fingerprint density at radius 2 is 2.42 bits per heavy atom. The Hall–Kier alpha value is -2.15. The van der Waals surface area contributed by atoms with Gasteiger partial charge in [-0.2, -0.15) is 10.2 Å². The molecular weight excluding hydrogens is 248 g/mol. The average Bonchev–Trinajstić information content (AvgIpc) is 2.92. The molecule has 2 amide bonds. The highest BCUT2D eigenvalue weighted by molar-refractivity contribution is 5.82. The van der Waals surface area contributed by atoms with Crippen molar-refractivity contribution in [1.82, 2.24) is 19.7 Å². The molecule has 3 heterocycles. The highest BCUT2D eigenvalue weighted by atomic mass is 16.7. The maximum absolute atomic E-state index is 12.2. The molecule has 1 saturated heterocycles. The third kappa shape index (κ3) is 1.51. The molecular formula is C12H14N4O3. The van der Waals surface area contributed by atoms with Crippen molar-refractivity contribution in [2.45, 2.75) is 12.1 Å². The fourth-order valence-corrected chi connectivity index (χ4v) is 2.70. The summed E-state index contributed by atoms with van der Waals surface area (Å²) in [6.07, 6.45) is 4.04. The number of urea groups is 1. The Kier molecular flexibility index (Phi) is 2.63. The molecule has 0 N–H and O–H groups in total. The van der Waals surface area contributed by atoms with Crippen LogP contribution in [0.5, 0.6) is 0 Å². The minimum atomic E-state index is -0.594. The summed E-state index contributed by atoms with van der Waals surface area (Å²) in [6, 6.07) is -1.10. The van der Waals surface area contributed by atoms with Crippen LogP contribution in [0.15, 0.2) is 18.9 Å². The Balaban J connectivity index is 2.04. The van der Waals surface area contributed by atoms with E-state index < -0.39 is 6.04 Å². The normalized spacial score (nSPS) is 24.6. The Morgan fingerprint density at radius 1 is 1.63 bits per heavy atom. The fraction of sp³-hybridized carbons (Fsp3) is 0.417. The van der Waals surface area contributed by atoms with Gasteiger partial charge in [0.25, 0.3) is 0 Å². The van der Waals surface area contributed by atoms with Gasteiger partial charge in [0.1, 0.15) is 18.4 Å². The van der Waals surface area contributed by atoms with Gasteiger partial charge in [-0.3, -0.25) is 9.52 Å². The molecule has 19 heavy (non-hydrogen) atoms. The quantitative estimate of drug-likeness (QED) is 0.587. The van der Waals surface area contributed by atoms with Gasteiger partial charge in [-0.25, -0.2) is 4.79 Å². The summed E-state index contributed by atoms with van der Waals surface area (Å²) < 4.78 is 1.64. The summed E-state index contributed by atoms with van der Waals surface area (Å²) >= 11 is 0. The first-order chi connectivity index (χ1) is 9.19. The van der Waals surface area contributed by atoms with E-state index in [-0.39, 0.29) is 18.7 Å². The number of hydroxylamine groups is 2. The largest absolute Gasteiger partial charge is 0.345 e. The lowest BCUT2D eigenvalue weighted by Crippen LogP contribution is -2.36. The molecule has 0 radical (unpaired) electrons. The lowest BCUT2D eigenvalue weighted by atomic mass is 9.99. The molecule has 7 nitrogen and oxygen atoms in total. The number of carbonyl (C=O) groups excluding carboxylic acids is 2. The third-order valence-corrected chi connectivity index (χ3v) is 3.54. The zero-order valence-electron chi connectivity index (χ0n) is 10.5. The molecule has 2 aliphatic heterocycles. The Bertz CT molecular complexity index is 553. The Morgan fingerprint density at radius 3 is 3.11 bits per heavy atom. The monoisotopic (exact) mass is 262 g/mol. The third-order valence-electron chi connectivity index (χ3n) is 3.54. The van der Waals surface area contributed by atoms with Crippen LogP contribution < -0.4 is 0 Å². The van der Waals surface area contributed by atoms with E-state index in [9.17, 15) is 9.59 Å². The van der Waals surface area contributed by atoms with Crippen LogP contribution in [0.25, 0.3) is 0 Å². The molecule has 2 aliphatic rings. The standard InChI is InChI=1S/C12H14N4O3/c1-3-4-19-16-9-6-15(12(16)18)10(7-17)11-8(9)5-13-14(11)2/h3,5,7,9-10H,1,4,6H2,2H3/t9-,10+/m0/s1. The van der Waals surface area contributed by atoms with Gasteiger partial charge in [0.15, 0.2) is 0 Å². The summed E-state index contributed by atoms with van der Waals surface area (Å²) in [5.41, 5.74) is 1.62. The van der Waals surface area contributed by atoms with Gasteiger partial charge in [0.05, 0.1) is 25.0 Å². The second kappa shape index (κ2) is 4.20. The first-order valence-corrected chi connectivity index (χ1v) is 5.99. The van der Waals surface area contributed by atoms with Crippen molar-refractivity contribution in [2.24, 2.45) is 7.05 Å². The molecule has 1 aromatic heterocycles. The van der Waals surface area contributed by atoms with E-state index >= 15 is 0 Å². The van der Waals surface area contributed by atoms with Crippen LogP contribution in [0.1, 0.15) is 23.3 Å². The van der Waals surface area contributed by atoms with Gasteiger partial charge in [-0.1, -0.05) is 6.08 Å². The number of aromatic nitrogens is 2. The zero-order valence-corrected chi connectivity index (χ0v) is 10.5. The van der Waals surface area contributed by atoms with Crippen LogP contribution >= 0.6 is 0 Å². The van der Waals surface area contributed by atoms with E-state index in [2.05, 4.69) is 11.7 Å². The van der Waals surface area contributed by atoms with Crippen molar-refractivity contribution in [3.05, 3.63) is 30.1 Å². The van der Waals surface area contributed by atoms with Crippen LogP contribution in [0, 0.1) is 0 Å². The fourth-order valence-electron chi connectivity index (χ4n) is 2.70. The van der Waals surface area contributed by atoms with E-state index in [1.807, 2.05) is 0 Å². The number of carbonyl (C=O) groups is 2. The van der Waals surface area contributed by atoms with Crippen LogP contribution in [-0.2, 0) is 16.7 Å². The number of amides is 2. The molecule has 0 saturated carbocycles. The molecule has 100 valence electrons. The highest BCUT2D eigenvalue weighted by Crippen LogP contribution is 2.42. The van der Waals surface area contributed by atoms with E-state index in [0.717, 1.165) is 17.5 Å². The van der Waals surface area contributed by atoms with Crippen LogP contribution in [0.2, 0.25) is 0 Å². The number of hydrogen-bond donors (Lipinski definition) is 0. The number of aldehydes is 1. The van der Waals surface area contributed by atoms with Crippen LogP contribution in [0.3, 0.4) is 0 Å². The number of rotatable bonds is 4. The smallest absolute Gasteiger partial charge is 0.305 e. The maximum atomic E-state index is 12.2. The molecule has 0 spiro atoms. The number of aryl methyl sites for hydroxylation is 1. The molecule has 0 aromatic carbocycles. The molecule has 7 heteroatoms. The molecule has 1 aromatic rings. The van der Waals surface area contributed by atoms with Gasteiger partial charge in [0, 0.05) is 12.6 Å². The molecule has 2 bridgehead atoms. The molecule has 0 unspecified atom stereocenters. The number of hydrogen-bond acceptors (Lipinski definition) is 4. The molecule has 2 atom stereocenters. The van der Waals surface area contributed by atoms with Crippen molar-refractivity contribution in [2.75, 3.05) is 13.2 Å². The highest BCUT2D eigenvalue weighted by Gasteiger charge is 2.50. The first kappa shape index (κ1) is 11.9. The summed E-state index contributed by atoms with van der Waals surface area (Å²) in [5.74, 6) is 0. The average molecular weight is 262 g/mol. The summed E-state index contributed by atoms with van der Waals surface area (Å²) in [5, 5.41) is 5.48. The van der Waals surface area contributed by atoms with Crippen molar-refractivity contribution in [3.63, 3.8) is 0 Å². The first-order valence-electron chi connectivity index (χ1n) is 5.99. The topological polar surface area (TPSA) is 67.7 Å². The molecule has 0 aliphatic carbocycles. The maximum Gasteiger partial charge on any atom is 0.345 e. The zero-order chi connectivity index (χ0) is 13.6. The van der Waals surface area contributed by atoms with Gasteiger partial charge in [0.2, 0.25) is 0 Å². The number of fused-ring (bicyclic) bond motifs is 4. The lowest BCUT2D eigenvalue weighted by Gasteiger charge is -2.27. The van der Waals surface area contributed by atoms with Gasteiger partial charge >= 0.3 is 6.03 Å². The second-order valence-electron chi connectivity index (χ2n) is 4.55. The van der Waals surface area contributed by atoms with Crippen molar-refractivity contribution >= 4 is 12.3 Å². The van der Waals surface area contributed by atoms with Crippen molar-refractivity contribution in [1.29, 1.82) is 0 Å². The minimum absolute atomic E-state index is 0.215. The molecule has 3 rings (SSSR count). The lowest BCUT2D eigenvalue weighted by molar-refractivity contribution is -0.119.